The predicted octanol–water partition coefficient (Wildman–Crippen LogP) is 3.97. The largest absolute Gasteiger partial charge is 0.362 e. The molecule has 2 N–H and O–H groups in total. The van der Waals surface area contributed by atoms with Gasteiger partial charge in [-0.25, -0.2) is 4.39 Å². The molecule has 1 aromatic heterocycles. The van der Waals surface area contributed by atoms with Crippen molar-refractivity contribution in [2.24, 2.45) is 5.92 Å². The minimum Gasteiger partial charge on any atom is -0.362 e. The van der Waals surface area contributed by atoms with Crippen molar-refractivity contribution in [2.45, 2.75) is 27.3 Å². The van der Waals surface area contributed by atoms with E-state index in [4.69, 9.17) is 23.8 Å². The van der Waals surface area contributed by atoms with Gasteiger partial charge in [0.25, 0.3) is 0 Å². The second-order valence-corrected chi connectivity index (χ2v) is 6.61. The number of benzene rings is 1. The number of nitrogens with zero attached hydrogens (tertiary/aromatic N) is 2. The second-order valence-electron chi connectivity index (χ2n) is 5.79. The molecule has 2 rings (SSSR count). The van der Waals surface area contributed by atoms with Crippen molar-refractivity contribution in [3.63, 3.8) is 0 Å². The van der Waals surface area contributed by atoms with Gasteiger partial charge in [-0.1, -0.05) is 31.5 Å². The number of aromatic nitrogens is 2. The van der Waals surface area contributed by atoms with Gasteiger partial charge < -0.3 is 10.6 Å². The first-order valence-electron chi connectivity index (χ1n) is 7.38. The first kappa shape index (κ1) is 17.7. The summed E-state index contributed by atoms with van der Waals surface area (Å²) in [4.78, 5) is 0. The molecule has 0 radical (unpaired) electrons. The fourth-order valence-corrected chi connectivity index (χ4v) is 2.41. The zero-order valence-corrected chi connectivity index (χ0v) is 14.9. The molecule has 7 heteroatoms. The van der Waals surface area contributed by atoms with Gasteiger partial charge in [-0.05, 0) is 42.8 Å². The molecule has 0 spiro atoms. The number of nitrogens with one attached hydrogen (secondary N) is 2. The quantitative estimate of drug-likeness (QED) is 0.797. The lowest BCUT2D eigenvalue weighted by molar-refractivity contribution is 0.623. The van der Waals surface area contributed by atoms with Gasteiger partial charge in [0.05, 0.1) is 6.54 Å². The van der Waals surface area contributed by atoms with Crippen LogP contribution in [0.15, 0.2) is 24.3 Å². The first-order valence-corrected chi connectivity index (χ1v) is 8.17. The van der Waals surface area contributed by atoms with Crippen LogP contribution in [0.3, 0.4) is 0 Å². The lowest BCUT2D eigenvalue weighted by Crippen LogP contribution is -2.31. The standard InChI is InChI=1S/C16H20ClFN4S/c1-10(2)8-19-16(23)20-15-6-11(3)22(21-15)9-12-4-5-13(18)7-14(12)17/h4-7,10H,8-9H2,1-3H3,(H2,19,20,21,23). The highest BCUT2D eigenvalue weighted by Gasteiger charge is 2.09. The number of thiocarbonyl (C=S) groups is 1. The molecule has 1 aromatic carbocycles. The van der Waals surface area contributed by atoms with Crippen LogP contribution in [0.2, 0.25) is 5.02 Å². The van der Waals surface area contributed by atoms with Crippen LogP contribution < -0.4 is 10.6 Å². The molecule has 0 saturated carbocycles. The van der Waals surface area contributed by atoms with Crippen molar-refractivity contribution < 1.29 is 4.39 Å². The molecule has 23 heavy (non-hydrogen) atoms. The zero-order chi connectivity index (χ0) is 17.0. The summed E-state index contributed by atoms with van der Waals surface area (Å²) in [5, 5.41) is 11.6. The van der Waals surface area contributed by atoms with Gasteiger partial charge in [0.1, 0.15) is 5.82 Å². The average Bonchev–Trinajstić information content (AvgIpc) is 2.79. The van der Waals surface area contributed by atoms with Crippen LogP contribution >= 0.6 is 23.8 Å². The minimum absolute atomic E-state index is 0.347. The topological polar surface area (TPSA) is 41.9 Å². The summed E-state index contributed by atoms with van der Waals surface area (Å²) in [6.45, 7) is 7.44. The number of anilines is 1. The molecule has 0 bridgehead atoms. The van der Waals surface area contributed by atoms with E-state index in [1.54, 1.807) is 10.7 Å². The van der Waals surface area contributed by atoms with Gasteiger partial charge in [0.2, 0.25) is 0 Å². The van der Waals surface area contributed by atoms with E-state index < -0.39 is 0 Å². The Morgan fingerprint density at radius 3 is 2.78 bits per heavy atom. The van der Waals surface area contributed by atoms with Gasteiger partial charge in [0.15, 0.2) is 10.9 Å². The molecule has 0 atom stereocenters. The van der Waals surface area contributed by atoms with Gasteiger partial charge in [-0.3, -0.25) is 4.68 Å². The summed E-state index contributed by atoms with van der Waals surface area (Å²) in [6, 6.07) is 6.27. The van der Waals surface area contributed by atoms with Crippen LogP contribution in [-0.4, -0.2) is 21.4 Å². The molecule has 0 aliphatic heterocycles. The minimum atomic E-state index is -0.347. The Labute approximate surface area is 146 Å². The van der Waals surface area contributed by atoms with E-state index in [1.165, 1.54) is 12.1 Å². The highest BCUT2D eigenvalue weighted by Crippen LogP contribution is 2.19. The van der Waals surface area contributed by atoms with Crippen LogP contribution in [0.4, 0.5) is 10.2 Å². The third-order valence-corrected chi connectivity index (χ3v) is 3.83. The van der Waals surface area contributed by atoms with Crippen molar-refractivity contribution in [3.8, 4) is 0 Å². The SMILES string of the molecule is Cc1cc(NC(=S)NCC(C)C)nn1Cc1ccc(F)cc1Cl. The fraction of sp³-hybridized carbons (Fsp3) is 0.375. The number of aryl methyl sites for hydroxylation is 1. The Bertz CT molecular complexity index is 699. The van der Waals surface area contributed by atoms with Crippen molar-refractivity contribution in [1.29, 1.82) is 0 Å². The van der Waals surface area contributed by atoms with Gasteiger partial charge in [-0.15, -0.1) is 0 Å². The van der Waals surface area contributed by atoms with Crippen molar-refractivity contribution in [2.75, 3.05) is 11.9 Å². The molecule has 1 heterocycles. The Morgan fingerprint density at radius 1 is 1.39 bits per heavy atom. The summed E-state index contributed by atoms with van der Waals surface area (Å²) in [5.74, 6) is 0.830. The van der Waals surface area contributed by atoms with E-state index in [2.05, 4.69) is 29.6 Å². The zero-order valence-electron chi connectivity index (χ0n) is 13.4. The van der Waals surface area contributed by atoms with E-state index >= 15 is 0 Å². The van der Waals surface area contributed by atoms with E-state index in [-0.39, 0.29) is 5.82 Å². The summed E-state index contributed by atoms with van der Waals surface area (Å²) in [5.41, 5.74) is 1.77. The van der Waals surface area contributed by atoms with Crippen LogP contribution in [0.1, 0.15) is 25.1 Å². The van der Waals surface area contributed by atoms with Crippen molar-refractivity contribution in [3.05, 3.63) is 46.4 Å². The lowest BCUT2D eigenvalue weighted by Gasteiger charge is -2.10. The maximum absolute atomic E-state index is 13.1. The monoisotopic (exact) mass is 354 g/mol. The molecule has 0 fully saturated rings. The lowest BCUT2D eigenvalue weighted by atomic mass is 10.2. The normalized spacial score (nSPS) is 10.9. The van der Waals surface area contributed by atoms with Crippen LogP contribution in [0.25, 0.3) is 0 Å². The van der Waals surface area contributed by atoms with E-state index in [1.807, 2.05) is 13.0 Å². The van der Waals surface area contributed by atoms with Crippen molar-refractivity contribution in [1.82, 2.24) is 15.1 Å². The Hall–Kier alpha value is -1.66. The van der Waals surface area contributed by atoms with E-state index in [9.17, 15) is 4.39 Å². The average molecular weight is 355 g/mol. The third kappa shape index (κ3) is 5.18. The van der Waals surface area contributed by atoms with Gasteiger partial charge in [-0.2, -0.15) is 5.10 Å². The number of halogens is 2. The van der Waals surface area contributed by atoms with Gasteiger partial charge >= 0.3 is 0 Å². The van der Waals surface area contributed by atoms with Crippen LogP contribution in [-0.2, 0) is 6.54 Å². The molecule has 0 amide bonds. The number of rotatable bonds is 5. The third-order valence-electron chi connectivity index (χ3n) is 3.23. The second kappa shape index (κ2) is 7.75. The fourth-order valence-electron chi connectivity index (χ4n) is 2.00. The van der Waals surface area contributed by atoms with Crippen LogP contribution in [0.5, 0.6) is 0 Å². The first-order chi connectivity index (χ1) is 10.8. The molecule has 0 unspecified atom stereocenters. The van der Waals surface area contributed by atoms with Gasteiger partial charge in [0, 0.05) is 23.3 Å². The smallest absolute Gasteiger partial charge is 0.171 e. The maximum Gasteiger partial charge on any atom is 0.171 e. The Balaban J connectivity index is 2.04. The number of hydrogen-bond donors (Lipinski definition) is 2. The molecule has 0 saturated heterocycles. The molecule has 0 aliphatic rings. The highest BCUT2D eigenvalue weighted by molar-refractivity contribution is 7.80. The summed E-state index contributed by atoms with van der Waals surface area (Å²) in [7, 11) is 0. The van der Waals surface area contributed by atoms with E-state index in [0.29, 0.717) is 28.4 Å². The van der Waals surface area contributed by atoms with Crippen molar-refractivity contribution >= 4 is 34.7 Å². The molecule has 4 nitrogen and oxygen atoms in total. The molecule has 124 valence electrons. The summed E-state index contributed by atoms with van der Waals surface area (Å²) < 4.78 is 14.9. The molecule has 2 aromatic rings. The molecular formula is C16H20ClFN4S. The Kier molecular flexibility index (Phi) is 5.96. The number of hydrogen-bond acceptors (Lipinski definition) is 2. The summed E-state index contributed by atoms with van der Waals surface area (Å²) in [6.07, 6.45) is 0. The van der Waals surface area contributed by atoms with E-state index in [0.717, 1.165) is 17.8 Å². The highest BCUT2D eigenvalue weighted by atomic mass is 35.5. The maximum atomic E-state index is 13.1. The molecular weight excluding hydrogens is 335 g/mol. The predicted molar refractivity (Wildman–Crippen MR) is 96.5 cm³/mol. The van der Waals surface area contributed by atoms with Crippen LogP contribution in [0, 0.1) is 18.7 Å². The summed E-state index contributed by atoms with van der Waals surface area (Å²) >= 11 is 11.3. The Morgan fingerprint density at radius 2 is 2.13 bits per heavy atom. The molecule has 0 aliphatic carbocycles.